The van der Waals surface area contributed by atoms with Gasteiger partial charge in [-0.05, 0) is 48.4 Å². The van der Waals surface area contributed by atoms with Crippen LogP contribution in [0, 0.1) is 0 Å². The molecule has 0 unspecified atom stereocenters. The molecule has 1 fully saturated rings. The van der Waals surface area contributed by atoms with Crippen LogP contribution in [0.25, 0.3) is 0 Å². The summed E-state index contributed by atoms with van der Waals surface area (Å²) in [5.41, 5.74) is 1.45. The molecule has 0 saturated carbocycles. The number of amidine groups is 1. The number of methoxy groups -OCH3 is 3. The van der Waals surface area contributed by atoms with Gasteiger partial charge >= 0.3 is 6.09 Å². The molecule has 11 heteroatoms. The van der Waals surface area contributed by atoms with E-state index in [2.05, 4.69) is 0 Å². The molecule has 2 aliphatic heterocycles. The summed E-state index contributed by atoms with van der Waals surface area (Å²) in [5.74, 6) is 1.51. The molecule has 1 saturated heterocycles. The monoisotopic (exact) mass is 558 g/mol. The fourth-order valence-corrected chi connectivity index (χ4v) is 5.61. The van der Waals surface area contributed by atoms with E-state index in [4.69, 9.17) is 33.4 Å². The van der Waals surface area contributed by atoms with Crippen molar-refractivity contribution >= 4 is 23.0 Å². The highest BCUT2D eigenvalue weighted by Crippen LogP contribution is 2.40. The van der Waals surface area contributed by atoms with Gasteiger partial charge in [-0.3, -0.25) is 9.89 Å². The van der Waals surface area contributed by atoms with Gasteiger partial charge in [-0.25, -0.2) is 4.79 Å². The average Bonchev–Trinajstić information content (AvgIpc) is 3.37. The zero-order valence-electron chi connectivity index (χ0n) is 22.4. The van der Waals surface area contributed by atoms with Crippen LogP contribution in [0.2, 0.25) is 0 Å². The fraction of sp³-hybridized carbons (Fsp3) is 0.429. The number of rotatable bonds is 11. The normalized spacial score (nSPS) is 24.2. The Morgan fingerprint density at radius 3 is 2.03 bits per heavy atom. The maximum atomic E-state index is 11.8. The third-order valence-electron chi connectivity index (χ3n) is 6.42. The summed E-state index contributed by atoms with van der Waals surface area (Å²) in [6.45, 7) is 2.63. The van der Waals surface area contributed by atoms with Crippen LogP contribution in [0.5, 0.6) is 11.5 Å². The van der Waals surface area contributed by atoms with E-state index >= 15 is 0 Å². The van der Waals surface area contributed by atoms with Crippen molar-refractivity contribution in [3.8, 4) is 11.5 Å². The molecule has 2 heterocycles. The maximum absolute atomic E-state index is 11.8. The van der Waals surface area contributed by atoms with Crippen molar-refractivity contribution in [3.05, 3.63) is 72.0 Å². The van der Waals surface area contributed by atoms with E-state index in [9.17, 15) is 9.90 Å². The minimum Gasteiger partial charge on any atom is -0.505 e. The molecule has 0 bridgehead atoms. The first-order valence-corrected chi connectivity index (χ1v) is 13.4. The van der Waals surface area contributed by atoms with Crippen molar-refractivity contribution < 1.29 is 38.3 Å². The average molecular weight is 559 g/mol. The molecule has 1 amide bonds. The predicted molar refractivity (Wildman–Crippen MR) is 147 cm³/mol. The van der Waals surface area contributed by atoms with Gasteiger partial charge < -0.3 is 33.5 Å². The Bertz CT molecular complexity index is 1140. The van der Waals surface area contributed by atoms with Crippen LogP contribution in [-0.4, -0.2) is 78.9 Å². The van der Waals surface area contributed by atoms with Gasteiger partial charge in [0.15, 0.2) is 5.17 Å². The smallest absolute Gasteiger partial charge is 0.413 e. The Balaban J connectivity index is 1.62. The molecule has 2 aliphatic rings. The number of carbonyl (C=O) groups is 1. The number of benzene rings is 2. The van der Waals surface area contributed by atoms with Gasteiger partial charge in [-0.15, -0.1) is 0 Å². The van der Waals surface area contributed by atoms with E-state index in [1.165, 1.54) is 16.7 Å². The summed E-state index contributed by atoms with van der Waals surface area (Å²) in [4.78, 5) is 17.8. The molecule has 4 rings (SSSR count). The summed E-state index contributed by atoms with van der Waals surface area (Å²) >= 11 is 1.28. The lowest BCUT2D eigenvalue weighted by atomic mass is 9.97. The number of nitrogens with zero attached hydrogens (tertiary/aromatic N) is 2. The summed E-state index contributed by atoms with van der Waals surface area (Å²) in [7, 11) is 4.80. The van der Waals surface area contributed by atoms with E-state index in [0.29, 0.717) is 18.4 Å². The van der Waals surface area contributed by atoms with Crippen LogP contribution in [0.15, 0.2) is 65.9 Å². The molecule has 2 aromatic carbocycles. The predicted octanol–water partition coefficient (Wildman–Crippen LogP) is 4.53. The SMILES string of the molecule is CCN(C(=O)O)C1=N[C@@H]2[C@@H](OCc3ccc(OC)cc3)[C@H](OCc3ccc(OC)cc3)[C@@H](C=COC)O[C@@H]2S1. The quantitative estimate of drug-likeness (QED) is 0.398. The Hall–Kier alpha value is -3.25. The van der Waals surface area contributed by atoms with Gasteiger partial charge in [-0.1, -0.05) is 36.0 Å². The molecule has 210 valence electrons. The molecule has 2 aromatic rings. The fourth-order valence-electron chi connectivity index (χ4n) is 4.35. The largest absolute Gasteiger partial charge is 0.505 e. The highest BCUT2D eigenvalue weighted by atomic mass is 32.2. The Kier molecular flexibility index (Phi) is 10.1. The van der Waals surface area contributed by atoms with Crippen LogP contribution in [0.4, 0.5) is 4.79 Å². The van der Waals surface area contributed by atoms with Crippen molar-refractivity contribution in [1.29, 1.82) is 0 Å². The third kappa shape index (κ3) is 7.04. The summed E-state index contributed by atoms with van der Waals surface area (Å²) < 4.78 is 35.0. The maximum Gasteiger partial charge on any atom is 0.413 e. The summed E-state index contributed by atoms with van der Waals surface area (Å²) in [5, 5.41) is 10.1. The van der Waals surface area contributed by atoms with E-state index in [-0.39, 0.29) is 6.54 Å². The van der Waals surface area contributed by atoms with Crippen LogP contribution in [0.3, 0.4) is 0 Å². The number of hydrogen-bond donors (Lipinski definition) is 1. The van der Waals surface area contributed by atoms with E-state index in [0.717, 1.165) is 22.6 Å². The molecule has 0 aromatic heterocycles. The number of hydrogen-bond acceptors (Lipinski definition) is 9. The first-order chi connectivity index (χ1) is 19.0. The first kappa shape index (κ1) is 28.8. The zero-order valence-corrected chi connectivity index (χ0v) is 23.2. The minimum atomic E-state index is -1.07. The number of fused-ring (bicyclic) bond motifs is 1. The van der Waals surface area contributed by atoms with Gasteiger partial charge in [0.1, 0.15) is 41.3 Å². The van der Waals surface area contributed by atoms with Crippen molar-refractivity contribution in [1.82, 2.24) is 4.90 Å². The molecule has 0 aliphatic carbocycles. The zero-order chi connectivity index (χ0) is 27.8. The standard InChI is InChI=1S/C28H34N2O8S/c1-5-30(28(31)32)27-29-23-25(37-17-19-8-12-21(35-4)13-9-19)24(22(14-15-33-2)38-26(23)39-27)36-16-18-6-10-20(34-3)11-7-18/h6-15,22-26H,5,16-17H2,1-4H3,(H,31,32)/t22-,23-,24-,25-,26-/m1/s1. The van der Waals surface area contributed by atoms with Gasteiger partial charge in [-0.2, -0.15) is 0 Å². The first-order valence-electron chi connectivity index (χ1n) is 12.6. The summed E-state index contributed by atoms with van der Waals surface area (Å²) in [6.07, 6.45) is 0.654. The molecule has 39 heavy (non-hydrogen) atoms. The number of ether oxygens (including phenoxy) is 6. The number of carboxylic acid groups (broad SMARTS) is 1. The molecular formula is C28H34N2O8S. The van der Waals surface area contributed by atoms with E-state index < -0.39 is 35.9 Å². The molecule has 0 radical (unpaired) electrons. The van der Waals surface area contributed by atoms with Crippen LogP contribution in [0.1, 0.15) is 18.1 Å². The number of amides is 1. The topological polar surface area (TPSA) is 108 Å². The van der Waals surface area contributed by atoms with Gasteiger partial charge in [0.2, 0.25) is 0 Å². The second kappa shape index (κ2) is 13.7. The van der Waals surface area contributed by atoms with Crippen LogP contribution < -0.4 is 9.47 Å². The molecule has 1 N–H and O–H groups in total. The third-order valence-corrected chi connectivity index (χ3v) is 7.58. The van der Waals surface area contributed by atoms with E-state index in [1.54, 1.807) is 40.6 Å². The van der Waals surface area contributed by atoms with Crippen molar-refractivity contribution in [2.24, 2.45) is 4.99 Å². The molecular weight excluding hydrogens is 524 g/mol. The van der Waals surface area contributed by atoms with Gasteiger partial charge in [0, 0.05) is 6.54 Å². The van der Waals surface area contributed by atoms with Crippen molar-refractivity contribution in [2.75, 3.05) is 27.9 Å². The van der Waals surface area contributed by atoms with Gasteiger partial charge in [0.25, 0.3) is 0 Å². The second-order valence-electron chi connectivity index (χ2n) is 8.83. The molecule has 5 atom stereocenters. The van der Waals surface area contributed by atoms with Crippen LogP contribution >= 0.6 is 11.8 Å². The van der Waals surface area contributed by atoms with Crippen molar-refractivity contribution in [3.63, 3.8) is 0 Å². The molecule has 10 nitrogen and oxygen atoms in total. The van der Waals surface area contributed by atoms with Crippen molar-refractivity contribution in [2.45, 2.75) is 49.9 Å². The lowest BCUT2D eigenvalue weighted by Crippen LogP contribution is -2.56. The molecule has 0 spiro atoms. The summed E-state index contributed by atoms with van der Waals surface area (Å²) in [6, 6.07) is 14.8. The second-order valence-corrected chi connectivity index (χ2v) is 9.89. The Labute approximate surface area is 232 Å². The lowest BCUT2D eigenvalue weighted by molar-refractivity contribution is -0.184. The number of thioether (sulfide) groups is 1. The number of aliphatic imine (C=N–C) groups is 1. The Morgan fingerprint density at radius 1 is 0.974 bits per heavy atom. The minimum absolute atomic E-state index is 0.266. The highest BCUT2D eigenvalue weighted by Gasteiger charge is 2.51. The lowest BCUT2D eigenvalue weighted by Gasteiger charge is -2.41. The van der Waals surface area contributed by atoms with Gasteiger partial charge in [0.05, 0.1) is 40.8 Å². The van der Waals surface area contributed by atoms with Crippen LogP contribution in [-0.2, 0) is 32.2 Å². The highest BCUT2D eigenvalue weighted by molar-refractivity contribution is 8.14. The Morgan fingerprint density at radius 2 is 1.54 bits per heavy atom. The van der Waals surface area contributed by atoms with E-state index in [1.807, 2.05) is 48.5 Å².